The summed E-state index contributed by atoms with van der Waals surface area (Å²) in [5, 5.41) is 16.1. The first-order valence-corrected chi connectivity index (χ1v) is 9.76. The second kappa shape index (κ2) is 9.98. The van der Waals surface area contributed by atoms with Crippen LogP contribution in [0.2, 0.25) is 0 Å². The molecule has 172 valence electrons. The molecule has 0 bridgehead atoms. The van der Waals surface area contributed by atoms with Crippen molar-refractivity contribution in [1.82, 2.24) is 15.3 Å². The fourth-order valence-corrected chi connectivity index (χ4v) is 2.93. The summed E-state index contributed by atoms with van der Waals surface area (Å²) in [4.78, 5) is 20.7. The van der Waals surface area contributed by atoms with Crippen LogP contribution in [-0.2, 0) is 0 Å². The van der Waals surface area contributed by atoms with Crippen molar-refractivity contribution in [1.29, 1.82) is 5.41 Å². The van der Waals surface area contributed by atoms with E-state index in [-0.39, 0.29) is 11.6 Å². The van der Waals surface area contributed by atoms with Gasteiger partial charge in [-0.15, -0.1) is 13.2 Å². The lowest BCUT2D eigenvalue weighted by molar-refractivity contribution is -0.274. The highest BCUT2D eigenvalue weighted by Gasteiger charge is 2.31. The molecule has 3 rings (SSSR count). The summed E-state index contributed by atoms with van der Waals surface area (Å²) in [7, 11) is 0. The summed E-state index contributed by atoms with van der Waals surface area (Å²) in [6.07, 6.45) is -0.480. The predicted molar refractivity (Wildman–Crippen MR) is 118 cm³/mol. The maximum absolute atomic E-state index is 12.3. The first kappa shape index (κ1) is 23.5. The van der Waals surface area contributed by atoms with E-state index in [1.54, 1.807) is 19.2 Å². The molecule has 0 saturated heterocycles. The molecule has 0 radical (unpaired) electrons. The second-order valence-electron chi connectivity index (χ2n) is 7.05. The standard InChI is InChI=1S/C22H21F3N6O2/c1-13-9-17(7-8-27-13)30-19-12-28-20(10-16(19)11-26)31-21(32)29-14(2)15-3-5-18(6-4-15)33-22(23,24)25/h3-12,14,26H,1-2H3,(H,27,30)(H2,28,29,31,32). The first-order valence-electron chi connectivity index (χ1n) is 9.76. The van der Waals surface area contributed by atoms with Gasteiger partial charge in [0.25, 0.3) is 0 Å². The van der Waals surface area contributed by atoms with Gasteiger partial charge in [0.2, 0.25) is 0 Å². The zero-order chi connectivity index (χ0) is 24.0. The maximum atomic E-state index is 12.3. The minimum atomic E-state index is -4.77. The summed E-state index contributed by atoms with van der Waals surface area (Å²) < 4.78 is 40.6. The number of carbonyl (C=O) groups is 1. The van der Waals surface area contributed by atoms with Gasteiger partial charge in [0.1, 0.15) is 11.6 Å². The van der Waals surface area contributed by atoms with Crippen LogP contribution < -0.4 is 20.7 Å². The Morgan fingerprint density at radius 1 is 1.15 bits per heavy atom. The molecule has 2 aromatic heterocycles. The number of nitrogens with one attached hydrogen (secondary N) is 4. The number of hydrogen-bond donors (Lipinski definition) is 4. The number of alkyl halides is 3. The Balaban J connectivity index is 1.62. The summed E-state index contributed by atoms with van der Waals surface area (Å²) in [5.74, 6) is -0.120. The highest BCUT2D eigenvalue weighted by atomic mass is 19.4. The van der Waals surface area contributed by atoms with E-state index in [9.17, 15) is 18.0 Å². The van der Waals surface area contributed by atoms with Crippen LogP contribution in [0, 0.1) is 12.3 Å². The number of anilines is 3. The number of nitrogens with zero attached hydrogens (tertiary/aromatic N) is 2. The lowest BCUT2D eigenvalue weighted by atomic mass is 10.1. The van der Waals surface area contributed by atoms with Crippen LogP contribution in [0.4, 0.5) is 35.2 Å². The minimum absolute atomic E-state index is 0.226. The fourth-order valence-electron chi connectivity index (χ4n) is 2.93. The number of aryl methyl sites for hydroxylation is 1. The van der Waals surface area contributed by atoms with Gasteiger partial charge in [0.05, 0.1) is 17.9 Å². The largest absolute Gasteiger partial charge is 0.573 e. The van der Waals surface area contributed by atoms with Crippen molar-refractivity contribution in [3.05, 3.63) is 71.7 Å². The molecular weight excluding hydrogens is 437 g/mol. The molecule has 4 N–H and O–H groups in total. The van der Waals surface area contributed by atoms with E-state index in [2.05, 4.69) is 30.7 Å². The SMILES string of the molecule is Cc1cc(Nc2cnc(NC(=O)NC(C)c3ccc(OC(F)(F)F)cc3)cc2C=N)ccn1. The van der Waals surface area contributed by atoms with Crippen LogP contribution in [0.3, 0.4) is 0 Å². The Bertz CT molecular complexity index is 1140. The molecule has 0 aliphatic heterocycles. The fraction of sp³-hybridized carbons (Fsp3) is 0.182. The number of carbonyl (C=O) groups excluding carboxylic acids is 1. The Morgan fingerprint density at radius 2 is 1.88 bits per heavy atom. The Labute approximate surface area is 187 Å². The quantitative estimate of drug-likeness (QED) is 0.359. The molecule has 33 heavy (non-hydrogen) atoms. The summed E-state index contributed by atoms with van der Waals surface area (Å²) in [6, 6.07) is 9.31. The molecule has 8 nitrogen and oxygen atoms in total. The minimum Gasteiger partial charge on any atom is -0.406 e. The maximum Gasteiger partial charge on any atom is 0.573 e. The molecule has 11 heteroatoms. The molecule has 0 fully saturated rings. The van der Waals surface area contributed by atoms with Crippen molar-refractivity contribution in [2.75, 3.05) is 10.6 Å². The molecule has 0 spiro atoms. The van der Waals surface area contributed by atoms with Gasteiger partial charge in [-0.25, -0.2) is 9.78 Å². The number of pyridine rings is 2. The third kappa shape index (κ3) is 6.92. The molecule has 0 aliphatic carbocycles. The number of benzene rings is 1. The Kier molecular flexibility index (Phi) is 7.11. The Morgan fingerprint density at radius 3 is 2.52 bits per heavy atom. The van der Waals surface area contributed by atoms with Crippen LogP contribution >= 0.6 is 0 Å². The molecular formula is C22H21F3N6O2. The molecule has 1 atom stereocenters. The van der Waals surface area contributed by atoms with E-state index in [0.29, 0.717) is 16.8 Å². The molecule has 1 unspecified atom stereocenters. The lowest BCUT2D eigenvalue weighted by Crippen LogP contribution is -2.31. The van der Waals surface area contributed by atoms with Crippen LogP contribution in [0.15, 0.2) is 54.9 Å². The molecule has 2 heterocycles. The van der Waals surface area contributed by atoms with E-state index >= 15 is 0 Å². The highest BCUT2D eigenvalue weighted by Crippen LogP contribution is 2.25. The van der Waals surface area contributed by atoms with E-state index < -0.39 is 18.4 Å². The molecule has 0 aliphatic rings. The number of halogens is 3. The van der Waals surface area contributed by atoms with Gasteiger partial charge in [-0.1, -0.05) is 12.1 Å². The predicted octanol–water partition coefficient (Wildman–Crippen LogP) is 5.31. The molecule has 1 aromatic carbocycles. The second-order valence-corrected chi connectivity index (χ2v) is 7.05. The van der Waals surface area contributed by atoms with Gasteiger partial charge >= 0.3 is 12.4 Å². The number of rotatable bonds is 7. The van der Waals surface area contributed by atoms with E-state index in [0.717, 1.165) is 17.6 Å². The number of aromatic nitrogens is 2. The van der Waals surface area contributed by atoms with Crippen molar-refractivity contribution in [2.24, 2.45) is 0 Å². The lowest BCUT2D eigenvalue weighted by Gasteiger charge is -2.16. The van der Waals surface area contributed by atoms with Gasteiger partial charge in [-0.2, -0.15) is 0 Å². The zero-order valence-electron chi connectivity index (χ0n) is 17.7. The number of hydrogen-bond acceptors (Lipinski definition) is 6. The number of urea groups is 1. The summed E-state index contributed by atoms with van der Waals surface area (Å²) in [5.41, 5.74) is 3.28. The van der Waals surface area contributed by atoms with Crippen LogP contribution in [0.25, 0.3) is 0 Å². The third-order valence-electron chi connectivity index (χ3n) is 4.47. The number of amides is 2. The summed E-state index contributed by atoms with van der Waals surface area (Å²) in [6.45, 7) is 3.54. The average Bonchev–Trinajstić information content (AvgIpc) is 2.74. The van der Waals surface area contributed by atoms with Gasteiger partial charge in [-0.05, 0) is 49.7 Å². The third-order valence-corrected chi connectivity index (χ3v) is 4.47. The van der Waals surface area contributed by atoms with Gasteiger partial charge in [0, 0.05) is 29.4 Å². The van der Waals surface area contributed by atoms with Crippen LogP contribution in [0.5, 0.6) is 5.75 Å². The van der Waals surface area contributed by atoms with Gasteiger partial charge < -0.3 is 20.8 Å². The first-order chi connectivity index (χ1) is 15.6. The van der Waals surface area contributed by atoms with Gasteiger partial charge in [-0.3, -0.25) is 10.3 Å². The molecule has 3 aromatic rings. The summed E-state index contributed by atoms with van der Waals surface area (Å²) >= 11 is 0. The van der Waals surface area contributed by atoms with Gasteiger partial charge in [0.15, 0.2) is 0 Å². The topological polar surface area (TPSA) is 112 Å². The van der Waals surface area contributed by atoms with E-state index in [4.69, 9.17) is 5.41 Å². The number of ether oxygens (including phenoxy) is 1. The average molecular weight is 458 g/mol. The monoisotopic (exact) mass is 458 g/mol. The van der Waals surface area contributed by atoms with E-state index in [1.807, 2.05) is 13.0 Å². The smallest absolute Gasteiger partial charge is 0.406 e. The van der Waals surface area contributed by atoms with Crippen molar-refractivity contribution in [3.63, 3.8) is 0 Å². The van der Waals surface area contributed by atoms with Crippen LogP contribution in [0.1, 0.15) is 29.8 Å². The zero-order valence-corrected chi connectivity index (χ0v) is 17.7. The molecule has 2 amide bonds. The van der Waals surface area contributed by atoms with Crippen molar-refractivity contribution in [2.45, 2.75) is 26.3 Å². The highest BCUT2D eigenvalue weighted by molar-refractivity contribution is 5.92. The normalized spacial score (nSPS) is 11.9. The van der Waals surface area contributed by atoms with Crippen LogP contribution in [-0.4, -0.2) is 28.6 Å². The molecule has 0 saturated carbocycles. The van der Waals surface area contributed by atoms with E-state index in [1.165, 1.54) is 36.5 Å². The van der Waals surface area contributed by atoms with Crippen molar-refractivity contribution in [3.8, 4) is 5.75 Å². The van der Waals surface area contributed by atoms with Crippen molar-refractivity contribution < 1.29 is 22.7 Å². The van der Waals surface area contributed by atoms with Crippen molar-refractivity contribution >= 4 is 29.4 Å². The Hall–Kier alpha value is -4.15.